The molecule has 1 saturated heterocycles. The number of rotatable bonds is 7. The van der Waals surface area contributed by atoms with Crippen LogP contribution >= 0.6 is 23.2 Å². The van der Waals surface area contributed by atoms with Crippen molar-refractivity contribution in [3.8, 4) is 0 Å². The fourth-order valence-electron chi connectivity index (χ4n) is 4.94. The van der Waals surface area contributed by atoms with Gasteiger partial charge in [-0.1, -0.05) is 67.6 Å². The van der Waals surface area contributed by atoms with Crippen LogP contribution < -0.4 is 26.3 Å². The topological polar surface area (TPSA) is 90.5 Å². The molecule has 0 saturated carbocycles. The molecule has 1 unspecified atom stereocenters. The number of nitrogens with zero attached hydrogens (tertiary/aromatic N) is 1. The molecule has 4 rings (SSSR count). The van der Waals surface area contributed by atoms with E-state index in [1.807, 2.05) is 20.0 Å². The third kappa shape index (κ3) is 8.52. The lowest BCUT2D eigenvalue weighted by molar-refractivity contribution is -0.176. The van der Waals surface area contributed by atoms with Crippen molar-refractivity contribution >= 4 is 71.3 Å². The summed E-state index contributed by atoms with van der Waals surface area (Å²) in [6.07, 6.45) is -4.04. The van der Waals surface area contributed by atoms with Crippen LogP contribution in [0, 0.1) is 11.3 Å². The lowest BCUT2D eigenvalue weighted by Crippen LogP contribution is -2.42. The van der Waals surface area contributed by atoms with Crippen molar-refractivity contribution in [2.75, 3.05) is 28.6 Å². The Labute approximate surface area is 271 Å². The zero-order valence-corrected chi connectivity index (χ0v) is 26.9. The summed E-state index contributed by atoms with van der Waals surface area (Å²) in [5.41, 5.74) is 1.93. The first kappa shape index (κ1) is 34.2. The molecule has 238 valence electrons. The van der Waals surface area contributed by atoms with Crippen molar-refractivity contribution in [3.63, 3.8) is 0 Å². The van der Waals surface area contributed by atoms with Gasteiger partial charge in [0.15, 0.2) is 0 Å². The van der Waals surface area contributed by atoms with Gasteiger partial charge in [-0.3, -0.25) is 14.4 Å². The van der Waals surface area contributed by atoms with Crippen molar-refractivity contribution in [2.45, 2.75) is 46.3 Å². The van der Waals surface area contributed by atoms with E-state index in [-0.39, 0.29) is 52.3 Å². The zero-order chi connectivity index (χ0) is 33.1. The standard InChI is InChI=1S/C32H34BCl2F3N4O3/c1-31(2,3)30(45)39-16-18-6-12-24(34)26(27(18)35)29(44)41-22-11-13-25(42-14-4-5-19(17-42)32(36,37)38)23(15-22)28(43)40-21-9-7-20(33)8-10-21/h6-13,15,19H,4-5,14,16-17,33H2,1-3H3,(H,39,45)(H,40,43)(H,41,44). The molecular formula is C32H34BCl2F3N4O3. The highest BCUT2D eigenvalue weighted by molar-refractivity contribution is 6.41. The number of carbonyl (C=O) groups excluding carboxylic acids is 3. The van der Waals surface area contributed by atoms with Gasteiger partial charge in [0.05, 0.1) is 27.1 Å². The number of hydrogen-bond donors (Lipinski definition) is 3. The number of piperidine rings is 1. The number of anilines is 3. The predicted molar refractivity (Wildman–Crippen MR) is 176 cm³/mol. The molecule has 0 radical (unpaired) electrons. The molecule has 3 amide bonds. The van der Waals surface area contributed by atoms with E-state index in [0.717, 1.165) is 5.46 Å². The number of hydrogen-bond acceptors (Lipinski definition) is 4. The van der Waals surface area contributed by atoms with E-state index in [0.29, 0.717) is 29.9 Å². The van der Waals surface area contributed by atoms with Crippen molar-refractivity contribution in [1.29, 1.82) is 0 Å². The van der Waals surface area contributed by atoms with Gasteiger partial charge in [-0.05, 0) is 54.8 Å². The maximum atomic E-state index is 13.6. The SMILES string of the molecule is Bc1ccc(NC(=O)c2cc(NC(=O)c3c(Cl)ccc(CNC(=O)C(C)(C)C)c3Cl)ccc2N2CCCC(C(F)(F)F)C2)cc1. The van der Waals surface area contributed by atoms with E-state index in [1.54, 1.807) is 43.9 Å². The Kier molecular flexibility index (Phi) is 10.4. The van der Waals surface area contributed by atoms with Crippen LogP contribution in [-0.2, 0) is 11.3 Å². The van der Waals surface area contributed by atoms with Crippen LogP contribution in [0.3, 0.4) is 0 Å². The summed E-state index contributed by atoms with van der Waals surface area (Å²) >= 11 is 12.9. The van der Waals surface area contributed by atoms with Crippen LogP contribution in [-0.4, -0.2) is 44.8 Å². The van der Waals surface area contributed by atoms with Gasteiger partial charge in [0.2, 0.25) is 5.91 Å². The maximum Gasteiger partial charge on any atom is 0.393 e. The first-order valence-electron chi connectivity index (χ1n) is 14.4. The number of nitrogens with one attached hydrogen (secondary N) is 3. The smallest absolute Gasteiger partial charge is 0.370 e. The molecule has 0 aliphatic carbocycles. The minimum atomic E-state index is -4.36. The van der Waals surface area contributed by atoms with Gasteiger partial charge in [0.1, 0.15) is 7.85 Å². The van der Waals surface area contributed by atoms with Crippen LogP contribution in [0.5, 0.6) is 0 Å². The van der Waals surface area contributed by atoms with Crippen LogP contribution in [0.2, 0.25) is 10.0 Å². The normalized spacial score (nSPS) is 15.4. The molecule has 7 nitrogen and oxygen atoms in total. The second-order valence-corrected chi connectivity index (χ2v) is 12.9. The molecule has 0 aromatic heterocycles. The molecule has 0 bridgehead atoms. The second kappa shape index (κ2) is 13.7. The summed E-state index contributed by atoms with van der Waals surface area (Å²) in [6.45, 7) is 5.43. The third-order valence-corrected chi connectivity index (χ3v) is 8.30. The zero-order valence-electron chi connectivity index (χ0n) is 25.4. The Morgan fingerprint density at radius 3 is 2.22 bits per heavy atom. The average Bonchev–Trinajstić information content (AvgIpc) is 2.97. The molecule has 3 aromatic rings. The number of carbonyl (C=O) groups is 3. The van der Waals surface area contributed by atoms with Crippen molar-refractivity contribution in [3.05, 3.63) is 81.3 Å². The number of alkyl halides is 3. The fraction of sp³-hybridized carbons (Fsp3) is 0.344. The monoisotopic (exact) mass is 660 g/mol. The second-order valence-electron chi connectivity index (χ2n) is 12.2. The summed E-state index contributed by atoms with van der Waals surface area (Å²) in [7, 11) is 1.90. The minimum Gasteiger partial charge on any atom is -0.370 e. The molecule has 1 atom stereocenters. The predicted octanol–water partition coefficient (Wildman–Crippen LogP) is 6.20. The summed E-state index contributed by atoms with van der Waals surface area (Å²) in [4.78, 5) is 40.9. The Hall–Kier alpha value is -3.70. The largest absolute Gasteiger partial charge is 0.393 e. The van der Waals surface area contributed by atoms with Crippen LogP contribution in [0.1, 0.15) is 59.9 Å². The van der Waals surface area contributed by atoms with Gasteiger partial charge >= 0.3 is 6.18 Å². The minimum absolute atomic E-state index is 0.0134. The highest BCUT2D eigenvalue weighted by Crippen LogP contribution is 2.37. The summed E-state index contributed by atoms with van der Waals surface area (Å²) < 4.78 is 40.8. The van der Waals surface area contributed by atoms with Crippen molar-refractivity contribution in [1.82, 2.24) is 5.32 Å². The molecule has 45 heavy (non-hydrogen) atoms. The van der Waals surface area contributed by atoms with E-state index in [4.69, 9.17) is 23.2 Å². The Morgan fingerprint density at radius 1 is 0.933 bits per heavy atom. The van der Waals surface area contributed by atoms with Crippen LogP contribution in [0.4, 0.5) is 30.2 Å². The molecule has 3 N–H and O–H groups in total. The third-order valence-electron chi connectivity index (χ3n) is 7.55. The molecule has 1 aliphatic rings. The highest BCUT2D eigenvalue weighted by Gasteiger charge is 2.42. The molecular weight excluding hydrogens is 627 g/mol. The highest BCUT2D eigenvalue weighted by atomic mass is 35.5. The fourth-order valence-corrected chi connectivity index (χ4v) is 5.55. The summed E-state index contributed by atoms with van der Waals surface area (Å²) in [5.74, 6) is -2.94. The maximum absolute atomic E-state index is 13.6. The van der Waals surface area contributed by atoms with Gasteiger partial charge in [-0.25, -0.2) is 0 Å². The number of amides is 3. The summed E-state index contributed by atoms with van der Waals surface area (Å²) in [5, 5.41) is 8.43. The molecule has 1 fully saturated rings. The Balaban J connectivity index is 1.64. The lowest BCUT2D eigenvalue weighted by Gasteiger charge is -2.36. The van der Waals surface area contributed by atoms with Gasteiger partial charge in [-0.15, -0.1) is 0 Å². The van der Waals surface area contributed by atoms with E-state index in [2.05, 4.69) is 16.0 Å². The van der Waals surface area contributed by atoms with E-state index in [1.165, 1.54) is 24.3 Å². The van der Waals surface area contributed by atoms with E-state index >= 15 is 0 Å². The van der Waals surface area contributed by atoms with Crippen LogP contribution in [0.15, 0.2) is 54.6 Å². The quantitative estimate of drug-likeness (QED) is 0.264. The molecule has 1 aliphatic heterocycles. The Bertz CT molecular complexity index is 1590. The average molecular weight is 661 g/mol. The number of halogens is 5. The molecule has 3 aromatic carbocycles. The van der Waals surface area contributed by atoms with Gasteiger partial charge in [0, 0.05) is 42.1 Å². The Morgan fingerprint density at radius 2 is 1.58 bits per heavy atom. The molecule has 1 heterocycles. The molecule has 0 spiro atoms. The lowest BCUT2D eigenvalue weighted by atomic mass is 9.95. The molecule has 13 heteroatoms. The first-order valence-corrected chi connectivity index (χ1v) is 15.2. The van der Waals surface area contributed by atoms with Crippen LogP contribution in [0.25, 0.3) is 0 Å². The van der Waals surface area contributed by atoms with Gasteiger partial charge < -0.3 is 20.9 Å². The van der Waals surface area contributed by atoms with E-state index in [9.17, 15) is 27.6 Å². The van der Waals surface area contributed by atoms with E-state index < -0.39 is 29.3 Å². The number of benzene rings is 3. The van der Waals surface area contributed by atoms with Crippen molar-refractivity contribution < 1.29 is 27.6 Å². The van der Waals surface area contributed by atoms with Gasteiger partial charge in [-0.2, -0.15) is 13.2 Å². The summed E-state index contributed by atoms with van der Waals surface area (Å²) in [6, 6.07) is 14.7. The first-order chi connectivity index (χ1) is 21.0. The van der Waals surface area contributed by atoms with Gasteiger partial charge in [0.25, 0.3) is 11.8 Å². The van der Waals surface area contributed by atoms with Crippen molar-refractivity contribution in [2.24, 2.45) is 11.3 Å².